The van der Waals surface area contributed by atoms with Crippen LogP contribution in [0.2, 0.25) is 0 Å². The number of fused-ring (bicyclic) bond motifs is 5. The van der Waals surface area contributed by atoms with Crippen LogP contribution in [-0.2, 0) is 0 Å². The number of aromatic nitrogens is 3. The molecule has 2 aromatic heterocycles. The third-order valence-corrected chi connectivity index (χ3v) is 15.1. The molecular formula is C61H42N3OP. The van der Waals surface area contributed by atoms with E-state index in [0.29, 0.717) is 11.6 Å². The quantitative estimate of drug-likeness (QED) is 0.136. The second-order valence-corrected chi connectivity index (χ2v) is 18.9. The maximum atomic E-state index is 6.80. The SMILES string of the molecule is C1=CCC(c2nc(-c3ccccc3)nc(-c3ccc(-c4cccc(-c5cccc6oc7c8ccccc8c(-c8ccc(P(c9ccccc9)c9ccccc9)cc8)cc7c56)c4)cc3)n2)C=C1. The van der Waals surface area contributed by atoms with Crippen molar-refractivity contribution in [3.63, 3.8) is 0 Å². The maximum Gasteiger partial charge on any atom is 0.163 e. The topological polar surface area (TPSA) is 51.8 Å². The fourth-order valence-corrected chi connectivity index (χ4v) is 11.7. The molecule has 312 valence electrons. The summed E-state index contributed by atoms with van der Waals surface area (Å²) in [4.78, 5) is 14.9. The van der Waals surface area contributed by atoms with Gasteiger partial charge in [0, 0.05) is 33.2 Å². The molecule has 1 unspecified atom stereocenters. The van der Waals surface area contributed by atoms with Crippen LogP contribution in [0.4, 0.5) is 0 Å². The van der Waals surface area contributed by atoms with Crippen molar-refractivity contribution in [3.8, 4) is 56.2 Å². The number of furan rings is 1. The van der Waals surface area contributed by atoms with Crippen molar-refractivity contribution in [2.24, 2.45) is 0 Å². The molecule has 5 heteroatoms. The number of hydrogen-bond donors (Lipinski definition) is 0. The Bertz CT molecular complexity index is 3560. The highest BCUT2D eigenvalue weighted by molar-refractivity contribution is 7.79. The Kier molecular flexibility index (Phi) is 10.3. The van der Waals surface area contributed by atoms with Gasteiger partial charge >= 0.3 is 0 Å². The number of allylic oxidation sites excluding steroid dienone is 4. The summed E-state index contributed by atoms with van der Waals surface area (Å²) in [6.07, 6.45) is 9.36. The molecule has 1 aliphatic rings. The highest BCUT2D eigenvalue weighted by Crippen LogP contribution is 2.44. The van der Waals surface area contributed by atoms with Gasteiger partial charge in [-0.05, 0) is 87.2 Å². The first-order chi connectivity index (χ1) is 32.7. The standard InChI is InChI=1S/C61H42N3OP/c1-5-17-43(18-6-1)59-62-60(44-19-7-2-8-20-44)64-61(63-59)45-33-31-41(32-34-45)46-21-15-22-47(39-46)51-29-16-30-56-57(51)55-40-54(52-27-13-14-28-53(52)58(55)65-56)42-35-37-50(38-36-42)66(48-23-9-3-10-24-48)49-25-11-4-12-26-49/h1-19,21-40,44H,20H2. The molecule has 9 aromatic carbocycles. The molecule has 11 aromatic rings. The lowest BCUT2D eigenvalue weighted by molar-refractivity contribution is 0.673. The number of benzene rings is 9. The summed E-state index contributed by atoms with van der Waals surface area (Å²) in [5.74, 6) is 2.25. The van der Waals surface area contributed by atoms with Crippen LogP contribution in [0.25, 0.3) is 88.9 Å². The number of hydrogen-bond acceptors (Lipinski definition) is 4. The minimum Gasteiger partial charge on any atom is -0.455 e. The third kappa shape index (κ3) is 7.42. The Morgan fingerprint density at radius 1 is 0.409 bits per heavy atom. The van der Waals surface area contributed by atoms with Gasteiger partial charge < -0.3 is 4.42 Å². The van der Waals surface area contributed by atoms with Gasteiger partial charge in [0.15, 0.2) is 11.6 Å². The lowest BCUT2D eigenvalue weighted by atomic mass is 9.92. The van der Waals surface area contributed by atoms with Gasteiger partial charge in [0.1, 0.15) is 17.0 Å². The fraction of sp³-hybridized carbons (Fsp3) is 0.0328. The predicted molar refractivity (Wildman–Crippen MR) is 276 cm³/mol. The smallest absolute Gasteiger partial charge is 0.163 e. The molecule has 1 atom stereocenters. The summed E-state index contributed by atoms with van der Waals surface area (Å²) in [6.45, 7) is 0. The zero-order chi connectivity index (χ0) is 43.8. The van der Waals surface area contributed by atoms with E-state index in [2.05, 4.69) is 218 Å². The molecule has 0 spiro atoms. The first-order valence-corrected chi connectivity index (χ1v) is 23.8. The van der Waals surface area contributed by atoms with E-state index < -0.39 is 7.92 Å². The highest BCUT2D eigenvalue weighted by Gasteiger charge is 2.21. The summed E-state index contributed by atoms with van der Waals surface area (Å²) in [6, 6.07) is 76.0. The molecule has 0 saturated carbocycles. The van der Waals surface area contributed by atoms with Gasteiger partial charge in [0.25, 0.3) is 0 Å². The van der Waals surface area contributed by atoms with Crippen molar-refractivity contribution < 1.29 is 4.42 Å². The van der Waals surface area contributed by atoms with E-state index in [1.54, 1.807) is 0 Å². The van der Waals surface area contributed by atoms with E-state index in [1.807, 2.05) is 18.2 Å². The molecule has 4 nitrogen and oxygen atoms in total. The number of rotatable bonds is 9. The third-order valence-electron chi connectivity index (χ3n) is 12.6. The minimum atomic E-state index is -0.708. The average molecular weight is 864 g/mol. The second kappa shape index (κ2) is 17.2. The molecule has 66 heavy (non-hydrogen) atoms. The van der Waals surface area contributed by atoms with E-state index in [-0.39, 0.29) is 5.92 Å². The normalized spacial score (nSPS) is 13.6. The summed E-state index contributed by atoms with van der Waals surface area (Å²) >= 11 is 0. The molecule has 0 amide bonds. The molecule has 1 aliphatic carbocycles. The average Bonchev–Trinajstić information content (AvgIpc) is 3.79. The summed E-state index contributed by atoms with van der Waals surface area (Å²) < 4.78 is 6.80. The van der Waals surface area contributed by atoms with E-state index in [0.717, 1.165) is 73.0 Å². The largest absolute Gasteiger partial charge is 0.455 e. The van der Waals surface area contributed by atoms with Crippen molar-refractivity contribution in [3.05, 3.63) is 242 Å². The van der Waals surface area contributed by atoms with Crippen molar-refractivity contribution in [1.82, 2.24) is 15.0 Å². The van der Waals surface area contributed by atoms with E-state index in [9.17, 15) is 0 Å². The van der Waals surface area contributed by atoms with Crippen LogP contribution in [0.5, 0.6) is 0 Å². The molecular weight excluding hydrogens is 822 g/mol. The van der Waals surface area contributed by atoms with Crippen LogP contribution in [0.1, 0.15) is 18.2 Å². The molecule has 0 fully saturated rings. The van der Waals surface area contributed by atoms with Crippen molar-refractivity contribution in [2.75, 3.05) is 0 Å². The van der Waals surface area contributed by atoms with Crippen molar-refractivity contribution in [1.29, 1.82) is 0 Å². The monoisotopic (exact) mass is 863 g/mol. The van der Waals surface area contributed by atoms with Gasteiger partial charge in [-0.25, -0.2) is 15.0 Å². The van der Waals surface area contributed by atoms with Crippen LogP contribution >= 0.6 is 7.92 Å². The van der Waals surface area contributed by atoms with Crippen molar-refractivity contribution in [2.45, 2.75) is 12.3 Å². The summed E-state index contributed by atoms with van der Waals surface area (Å²) in [5, 5.41) is 8.50. The first kappa shape index (κ1) is 39.5. The molecule has 0 bridgehead atoms. The van der Waals surface area contributed by atoms with Crippen LogP contribution in [0.3, 0.4) is 0 Å². The molecule has 0 aliphatic heterocycles. The molecule has 12 rings (SSSR count). The van der Waals surface area contributed by atoms with Crippen LogP contribution in [0, 0.1) is 0 Å². The second-order valence-electron chi connectivity index (χ2n) is 16.7. The Morgan fingerprint density at radius 2 is 0.985 bits per heavy atom. The van der Waals surface area contributed by atoms with E-state index in [4.69, 9.17) is 19.4 Å². The molecule has 0 saturated heterocycles. The Labute approximate surface area is 385 Å². The summed E-state index contributed by atoms with van der Waals surface area (Å²) in [7, 11) is -0.708. The Balaban J connectivity index is 0.915. The lowest BCUT2D eigenvalue weighted by Gasteiger charge is -2.20. The minimum absolute atomic E-state index is 0.106. The van der Waals surface area contributed by atoms with Gasteiger partial charge in [-0.15, -0.1) is 0 Å². The number of nitrogens with zero attached hydrogens (tertiary/aromatic N) is 3. The Morgan fingerprint density at radius 3 is 1.68 bits per heavy atom. The van der Waals surface area contributed by atoms with Crippen molar-refractivity contribution >= 4 is 56.5 Å². The van der Waals surface area contributed by atoms with Crippen LogP contribution < -0.4 is 15.9 Å². The zero-order valence-electron chi connectivity index (χ0n) is 36.0. The maximum absolute atomic E-state index is 6.80. The predicted octanol–water partition coefficient (Wildman–Crippen LogP) is 14.6. The molecule has 2 heterocycles. The van der Waals surface area contributed by atoms with Gasteiger partial charge in [-0.2, -0.15) is 0 Å². The van der Waals surface area contributed by atoms with Gasteiger partial charge in [-0.3, -0.25) is 0 Å². The summed E-state index contributed by atoms with van der Waals surface area (Å²) in [5.41, 5.74) is 10.6. The van der Waals surface area contributed by atoms with Crippen LogP contribution in [0.15, 0.2) is 241 Å². The zero-order valence-corrected chi connectivity index (χ0v) is 36.9. The fourth-order valence-electron chi connectivity index (χ4n) is 9.37. The lowest BCUT2D eigenvalue weighted by Crippen LogP contribution is -2.20. The van der Waals surface area contributed by atoms with E-state index in [1.165, 1.54) is 32.4 Å². The Hall–Kier alpha value is -8.04. The molecule has 0 radical (unpaired) electrons. The van der Waals surface area contributed by atoms with Crippen LogP contribution in [-0.4, -0.2) is 15.0 Å². The van der Waals surface area contributed by atoms with E-state index >= 15 is 0 Å². The highest BCUT2D eigenvalue weighted by atomic mass is 31.1. The van der Waals surface area contributed by atoms with Gasteiger partial charge in [0.2, 0.25) is 0 Å². The molecule has 0 N–H and O–H groups in total. The van der Waals surface area contributed by atoms with Gasteiger partial charge in [0.05, 0.1) is 0 Å². The first-order valence-electron chi connectivity index (χ1n) is 22.5. The van der Waals surface area contributed by atoms with Gasteiger partial charge in [-0.1, -0.05) is 218 Å².